The summed E-state index contributed by atoms with van der Waals surface area (Å²) in [4.78, 5) is 21.4. The molecule has 2 aliphatic heterocycles. The van der Waals surface area contributed by atoms with Crippen LogP contribution < -0.4 is 0 Å². The normalized spacial score (nSPS) is 23.3. The van der Waals surface area contributed by atoms with Gasteiger partial charge in [0.2, 0.25) is 5.91 Å². The number of nitrogens with zero attached hydrogens (tertiary/aromatic N) is 3. The van der Waals surface area contributed by atoms with Crippen molar-refractivity contribution in [2.45, 2.75) is 37.8 Å². The standard InChI is InChI=1S/C21H27N3O3/c25-20(17-4-2-10-23(15-17)16-19-6-3-13-27-19)24-11-7-21(26,8-12-24)18-5-1-9-22-14-18/h1,3,5-6,9,13-14,17,26H,2,4,7-8,10-12,15-16H2/t17-/m0/s1. The van der Waals surface area contributed by atoms with Gasteiger partial charge in [0.1, 0.15) is 5.76 Å². The lowest BCUT2D eigenvalue weighted by molar-refractivity contribution is -0.142. The maximum atomic E-state index is 13.0. The number of aromatic nitrogens is 1. The van der Waals surface area contributed by atoms with E-state index >= 15 is 0 Å². The van der Waals surface area contributed by atoms with E-state index in [4.69, 9.17) is 4.42 Å². The molecule has 2 fully saturated rings. The summed E-state index contributed by atoms with van der Waals surface area (Å²) in [5.41, 5.74) is -0.0254. The molecule has 0 aliphatic carbocycles. The molecular weight excluding hydrogens is 342 g/mol. The van der Waals surface area contributed by atoms with Crippen LogP contribution in [0.15, 0.2) is 47.3 Å². The van der Waals surface area contributed by atoms with Crippen LogP contribution in [0.1, 0.15) is 37.0 Å². The van der Waals surface area contributed by atoms with Gasteiger partial charge >= 0.3 is 0 Å². The molecule has 1 atom stereocenters. The van der Waals surface area contributed by atoms with Gasteiger partial charge in [-0.2, -0.15) is 0 Å². The molecule has 6 nitrogen and oxygen atoms in total. The second-order valence-electron chi connectivity index (χ2n) is 7.75. The van der Waals surface area contributed by atoms with E-state index in [1.54, 1.807) is 18.7 Å². The van der Waals surface area contributed by atoms with Gasteiger partial charge in [-0.25, -0.2) is 0 Å². The Kier molecular flexibility index (Phi) is 5.27. The molecule has 2 aromatic heterocycles. The van der Waals surface area contributed by atoms with Crippen molar-refractivity contribution >= 4 is 5.91 Å². The highest BCUT2D eigenvalue weighted by Gasteiger charge is 2.38. The molecule has 1 amide bonds. The van der Waals surface area contributed by atoms with E-state index < -0.39 is 5.60 Å². The lowest BCUT2D eigenvalue weighted by atomic mass is 9.84. The Morgan fingerprint density at radius 2 is 2.11 bits per heavy atom. The number of carbonyl (C=O) groups excluding carboxylic acids is 1. The SMILES string of the molecule is O=C([C@H]1CCCN(Cc2ccco2)C1)N1CCC(O)(c2cccnc2)CC1. The van der Waals surface area contributed by atoms with Crippen LogP contribution in [-0.2, 0) is 16.9 Å². The summed E-state index contributed by atoms with van der Waals surface area (Å²) in [6.45, 7) is 3.74. The average molecular weight is 369 g/mol. The fraction of sp³-hybridized carbons (Fsp3) is 0.524. The number of rotatable bonds is 4. The minimum absolute atomic E-state index is 0.0401. The zero-order valence-corrected chi connectivity index (χ0v) is 15.6. The molecule has 144 valence electrons. The first kappa shape index (κ1) is 18.2. The quantitative estimate of drug-likeness (QED) is 0.896. The Morgan fingerprint density at radius 3 is 2.81 bits per heavy atom. The summed E-state index contributed by atoms with van der Waals surface area (Å²) in [6, 6.07) is 7.65. The smallest absolute Gasteiger partial charge is 0.226 e. The van der Waals surface area contributed by atoms with Crippen LogP contribution in [0.2, 0.25) is 0 Å². The first-order chi connectivity index (χ1) is 13.1. The lowest BCUT2D eigenvalue weighted by Gasteiger charge is -2.41. The highest BCUT2D eigenvalue weighted by atomic mass is 16.3. The fourth-order valence-electron chi connectivity index (χ4n) is 4.31. The summed E-state index contributed by atoms with van der Waals surface area (Å²) in [7, 11) is 0. The van der Waals surface area contributed by atoms with Crippen LogP contribution in [0.3, 0.4) is 0 Å². The van der Waals surface area contributed by atoms with E-state index in [9.17, 15) is 9.90 Å². The van der Waals surface area contributed by atoms with Crippen molar-refractivity contribution in [1.29, 1.82) is 0 Å². The Labute approximate surface area is 159 Å². The van der Waals surface area contributed by atoms with Crippen LogP contribution >= 0.6 is 0 Å². The maximum Gasteiger partial charge on any atom is 0.226 e. The van der Waals surface area contributed by atoms with Crippen LogP contribution in [0.4, 0.5) is 0 Å². The van der Waals surface area contributed by atoms with Gasteiger partial charge in [-0.1, -0.05) is 6.07 Å². The van der Waals surface area contributed by atoms with Crippen molar-refractivity contribution < 1.29 is 14.3 Å². The molecule has 6 heteroatoms. The Morgan fingerprint density at radius 1 is 1.26 bits per heavy atom. The van der Waals surface area contributed by atoms with Crippen LogP contribution in [-0.4, -0.2) is 52.0 Å². The molecule has 0 saturated carbocycles. The molecule has 2 saturated heterocycles. The molecule has 27 heavy (non-hydrogen) atoms. The van der Waals surface area contributed by atoms with Crippen molar-refractivity contribution in [3.8, 4) is 0 Å². The monoisotopic (exact) mass is 369 g/mol. The van der Waals surface area contributed by atoms with Crippen molar-refractivity contribution in [3.63, 3.8) is 0 Å². The summed E-state index contributed by atoms with van der Waals surface area (Å²) >= 11 is 0. The molecule has 4 rings (SSSR count). The minimum atomic E-state index is -0.872. The van der Waals surface area contributed by atoms with Gasteiger partial charge < -0.3 is 14.4 Å². The first-order valence-electron chi connectivity index (χ1n) is 9.80. The number of aliphatic hydroxyl groups is 1. The third-order valence-electron chi connectivity index (χ3n) is 5.92. The number of carbonyl (C=O) groups is 1. The number of hydrogen-bond donors (Lipinski definition) is 1. The zero-order chi connectivity index (χ0) is 18.7. The van der Waals surface area contributed by atoms with E-state index in [1.165, 1.54) is 0 Å². The molecular formula is C21H27N3O3. The molecule has 1 N–H and O–H groups in total. The molecule has 2 aliphatic rings. The predicted molar refractivity (Wildman–Crippen MR) is 101 cm³/mol. The number of piperidine rings is 2. The third kappa shape index (κ3) is 4.06. The number of likely N-dealkylation sites (tertiary alicyclic amines) is 2. The van der Waals surface area contributed by atoms with Crippen molar-refractivity contribution in [2.24, 2.45) is 5.92 Å². The second-order valence-corrected chi connectivity index (χ2v) is 7.75. The van der Waals surface area contributed by atoms with Gasteiger partial charge in [-0.3, -0.25) is 14.7 Å². The fourth-order valence-corrected chi connectivity index (χ4v) is 4.31. The number of furan rings is 1. The van der Waals surface area contributed by atoms with E-state index in [1.807, 2.05) is 29.2 Å². The highest BCUT2D eigenvalue weighted by Crippen LogP contribution is 2.33. The van der Waals surface area contributed by atoms with Gasteiger partial charge in [0.15, 0.2) is 0 Å². The summed E-state index contributed by atoms with van der Waals surface area (Å²) in [5.74, 6) is 1.22. The van der Waals surface area contributed by atoms with E-state index in [0.29, 0.717) is 25.9 Å². The number of hydrogen-bond acceptors (Lipinski definition) is 5. The van der Waals surface area contributed by atoms with Crippen molar-refractivity contribution in [3.05, 3.63) is 54.2 Å². The zero-order valence-electron chi connectivity index (χ0n) is 15.6. The van der Waals surface area contributed by atoms with Crippen LogP contribution in [0.5, 0.6) is 0 Å². The maximum absolute atomic E-state index is 13.0. The average Bonchev–Trinajstić information content (AvgIpc) is 3.22. The Balaban J connectivity index is 1.33. The molecule has 0 bridgehead atoms. The van der Waals surface area contributed by atoms with E-state index in [2.05, 4.69) is 9.88 Å². The molecule has 0 unspecified atom stereocenters. The van der Waals surface area contributed by atoms with Gasteiger partial charge in [0.05, 0.1) is 24.3 Å². The number of pyridine rings is 1. The van der Waals surface area contributed by atoms with Gasteiger partial charge in [-0.05, 0) is 50.4 Å². The van der Waals surface area contributed by atoms with Gasteiger partial charge in [0, 0.05) is 37.6 Å². The van der Waals surface area contributed by atoms with Crippen LogP contribution in [0.25, 0.3) is 0 Å². The molecule has 4 heterocycles. The molecule has 0 spiro atoms. The molecule has 0 radical (unpaired) electrons. The largest absolute Gasteiger partial charge is 0.468 e. The second kappa shape index (κ2) is 7.82. The lowest BCUT2D eigenvalue weighted by Crippen LogP contribution is -2.50. The minimum Gasteiger partial charge on any atom is -0.468 e. The Hall–Kier alpha value is -2.18. The van der Waals surface area contributed by atoms with Crippen molar-refractivity contribution in [1.82, 2.24) is 14.8 Å². The highest BCUT2D eigenvalue weighted by molar-refractivity contribution is 5.79. The van der Waals surface area contributed by atoms with Gasteiger partial charge in [0.25, 0.3) is 0 Å². The third-order valence-corrected chi connectivity index (χ3v) is 5.92. The Bertz CT molecular complexity index is 739. The summed E-state index contributed by atoms with van der Waals surface area (Å²) in [6.07, 6.45) is 8.23. The van der Waals surface area contributed by atoms with E-state index in [-0.39, 0.29) is 11.8 Å². The summed E-state index contributed by atoms with van der Waals surface area (Å²) in [5, 5.41) is 10.9. The topological polar surface area (TPSA) is 69.8 Å². The number of amides is 1. The van der Waals surface area contributed by atoms with E-state index in [0.717, 1.165) is 43.8 Å². The summed E-state index contributed by atoms with van der Waals surface area (Å²) < 4.78 is 5.44. The van der Waals surface area contributed by atoms with Crippen molar-refractivity contribution in [2.75, 3.05) is 26.2 Å². The van der Waals surface area contributed by atoms with Gasteiger partial charge in [-0.15, -0.1) is 0 Å². The first-order valence-corrected chi connectivity index (χ1v) is 9.80. The van der Waals surface area contributed by atoms with Crippen LogP contribution in [0, 0.1) is 5.92 Å². The predicted octanol–water partition coefficient (Wildman–Crippen LogP) is 2.40. The molecule has 2 aromatic rings. The molecule has 0 aromatic carbocycles.